The molecule has 0 spiro atoms. The molecule has 2 rings (SSSR count). The van der Waals surface area contributed by atoms with E-state index in [1.54, 1.807) is 0 Å². The third kappa shape index (κ3) is 3.87. The molecule has 1 aromatic rings. The van der Waals surface area contributed by atoms with Gasteiger partial charge in [-0.25, -0.2) is 4.79 Å². The summed E-state index contributed by atoms with van der Waals surface area (Å²) in [5.74, 6) is -0.497. The lowest BCUT2D eigenvalue weighted by Crippen LogP contribution is -2.67. The van der Waals surface area contributed by atoms with E-state index < -0.39 is 23.6 Å². The molecule has 1 fully saturated rings. The number of aliphatic hydroxyl groups excluding tert-OH is 1. The van der Waals surface area contributed by atoms with Crippen molar-refractivity contribution in [3.63, 3.8) is 0 Å². The van der Waals surface area contributed by atoms with Crippen LogP contribution >= 0.6 is 0 Å². The summed E-state index contributed by atoms with van der Waals surface area (Å²) in [5.41, 5.74) is -0.161. The number of benzene rings is 1. The van der Waals surface area contributed by atoms with Crippen molar-refractivity contribution in [3.8, 4) is 0 Å². The maximum Gasteiger partial charge on any atom is 0.409 e. The standard InChI is InChI=1S/C18H25NO5/c1-3-4-10-24-17(22)19-12-18(13-19,16(21)23-2)15(20)11-14-8-6-5-7-9-14/h5-9,15,20H,3-4,10-13H2,1-2H3. The van der Waals surface area contributed by atoms with E-state index >= 15 is 0 Å². The molecule has 1 aliphatic rings. The highest BCUT2D eigenvalue weighted by Gasteiger charge is 2.57. The lowest BCUT2D eigenvalue weighted by Gasteiger charge is -2.49. The molecule has 0 radical (unpaired) electrons. The fourth-order valence-electron chi connectivity index (χ4n) is 2.87. The van der Waals surface area contributed by atoms with Gasteiger partial charge in [0.05, 0.1) is 19.8 Å². The van der Waals surface area contributed by atoms with Crippen LogP contribution < -0.4 is 0 Å². The number of nitrogens with zero attached hydrogens (tertiary/aromatic N) is 1. The zero-order chi connectivity index (χ0) is 17.6. The Morgan fingerprint density at radius 2 is 1.96 bits per heavy atom. The van der Waals surface area contributed by atoms with E-state index in [0.29, 0.717) is 13.0 Å². The molecule has 1 aromatic carbocycles. The molecule has 0 aliphatic carbocycles. The highest BCUT2D eigenvalue weighted by molar-refractivity contribution is 5.82. The van der Waals surface area contributed by atoms with E-state index in [-0.39, 0.29) is 13.1 Å². The maximum atomic E-state index is 12.2. The van der Waals surface area contributed by atoms with Crippen LogP contribution in [0.25, 0.3) is 0 Å². The van der Waals surface area contributed by atoms with Crippen molar-refractivity contribution in [1.82, 2.24) is 4.90 Å². The summed E-state index contributed by atoms with van der Waals surface area (Å²) in [4.78, 5) is 25.6. The Labute approximate surface area is 142 Å². The van der Waals surface area contributed by atoms with Gasteiger partial charge in [0.2, 0.25) is 0 Å². The molecule has 132 valence electrons. The first-order valence-corrected chi connectivity index (χ1v) is 8.25. The van der Waals surface area contributed by atoms with Crippen molar-refractivity contribution < 1.29 is 24.2 Å². The molecule has 1 amide bonds. The highest BCUT2D eigenvalue weighted by Crippen LogP contribution is 2.37. The summed E-state index contributed by atoms with van der Waals surface area (Å²) in [6.45, 7) is 2.60. The minimum atomic E-state index is -1.09. The Bertz CT molecular complexity index is 554. The molecular weight excluding hydrogens is 310 g/mol. The first kappa shape index (κ1) is 18.3. The van der Waals surface area contributed by atoms with E-state index in [1.807, 2.05) is 37.3 Å². The maximum absolute atomic E-state index is 12.2. The van der Waals surface area contributed by atoms with E-state index in [0.717, 1.165) is 18.4 Å². The van der Waals surface area contributed by atoms with Crippen LogP contribution in [0.3, 0.4) is 0 Å². The van der Waals surface area contributed by atoms with E-state index in [1.165, 1.54) is 12.0 Å². The summed E-state index contributed by atoms with van der Waals surface area (Å²) in [6, 6.07) is 9.44. The zero-order valence-corrected chi connectivity index (χ0v) is 14.2. The molecule has 6 nitrogen and oxygen atoms in total. The highest BCUT2D eigenvalue weighted by atomic mass is 16.6. The van der Waals surface area contributed by atoms with Crippen LogP contribution in [0.2, 0.25) is 0 Å². The Balaban J connectivity index is 1.99. The summed E-state index contributed by atoms with van der Waals surface area (Å²) < 4.78 is 10.0. The SMILES string of the molecule is CCCCOC(=O)N1CC(C(=O)OC)(C(O)Cc2ccccc2)C1. The van der Waals surface area contributed by atoms with Gasteiger partial charge in [-0.2, -0.15) is 0 Å². The normalized spacial score (nSPS) is 16.9. The number of ether oxygens (including phenoxy) is 2. The summed E-state index contributed by atoms with van der Waals surface area (Å²) in [6.07, 6.45) is 0.698. The van der Waals surface area contributed by atoms with Gasteiger partial charge in [0, 0.05) is 13.1 Å². The lowest BCUT2D eigenvalue weighted by atomic mass is 9.73. The number of esters is 1. The third-order valence-electron chi connectivity index (χ3n) is 4.43. The number of rotatable bonds is 7. The fourth-order valence-corrected chi connectivity index (χ4v) is 2.87. The number of aliphatic hydroxyl groups is 1. The van der Waals surface area contributed by atoms with Gasteiger partial charge in [0.1, 0.15) is 5.41 Å². The smallest absolute Gasteiger partial charge is 0.409 e. The second-order valence-electron chi connectivity index (χ2n) is 6.18. The number of unbranched alkanes of at least 4 members (excludes halogenated alkanes) is 1. The summed E-state index contributed by atoms with van der Waals surface area (Å²) in [7, 11) is 1.29. The number of hydrogen-bond donors (Lipinski definition) is 1. The average molecular weight is 335 g/mol. The number of methoxy groups -OCH3 is 1. The van der Waals surface area contributed by atoms with Crippen molar-refractivity contribution >= 4 is 12.1 Å². The molecule has 1 atom stereocenters. The Morgan fingerprint density at radius 3 is 2.54 bits per heavy atom. The predicted octanol–water partition coefficient (Wildman–Crippen LogP) is 2.00. The minimum absolute atomic E-state index is 0.110. The second kappa shape index (κ2) is 8.15. The molecule has 1 aliphatic heterocycles. The number of carbonyl (C=O) groups excluding carboxylic acids is 2. The van der Waals surface area contributed by atoms with Crippen molar-refractivity contribution in [2.75, 3.05) is 26.8 Å². The monoisotopic (exact) mass is 335 g/mol. The molecule has 0 bridgehead atoms. The number of likely N-dealkylation sites (tertiary alicyclic amines) is 1. The van der Waals surface area contributed by atoms with Gasteiger partial charge >= 0.3 is 12.1 Å². The largest absolute Gasteiger partial charge is 0.468 e. The second-order valence-corrected chi connectivity index (χ2v) is 6.18. The van der Waals surface area contributed by atoms with Gasteiger partial charge in [-0.05, 0) is 18.4 Å². The van der Waals surface area contributed by atoms with Gasteiger partial charge in [0.15, 0.2) is 0 Å². The molecule has 1 unspecified atom stereocenters. The first-order valence-electron chi connectivity index (χ1n) is 8.25. The Kier molecular flexibility index (Phi) is 6.20. The van der Waals surface area contributed by atoms with E-state index in [2.05, 4.69) is 0 Å². The Morgan fingerprint density at radius 1 is 1.29 bits per heavy atom. The van der Waals surface area contributed by atoms with Crippen molar-refractivity contribution in [2.45, 2.75) is 32.3 Å². The van der Waals surface area contributed by atoms with Gasteiger partial charge < -0.3 is 19.5 Å². The van der Waals surface area contributed by atoms with E-state index in [9.17, 15) is 14.7 Å². The van der Waals surface area contributed by atoms with Crippen LogP contribution in [-0.2, 0) is 20.7 Å². The molecule has 0 aromatic heterocycles. The predicted molar refractivity (Wildman–Crippen MR) is 88.4 cm³/mol. The van der Waals surface area contributed by atoms with Crippen molar-refractivity contribution in [3.05, 3.63) is 35.9 Å². The summed E-state index contributed by atoms with van der Waals surface area (Å²) in [5, 5.41) is 10.6. The average Bonchev–Trinajstić information content (AvgIpc) is 2.54. The molecule has 0 saturated carbocycles. The minimum Gasteiger partial charge on any atom is -0.468 e. The molecule has 6 heteroatoms. The molecule has 1 saturated heterocycles. The Hall–Kier alpha value is -2.08. The van der Waals surface area contributed by atoms with Gasteiger partial charge in [-0.3, -0.25) is 4.79 Å². The number of carbonyl (C=O) groups is 2. The van der Waals surface area contributed by atoms with Crippen molar-refractivity contribution in [2.24, 2.45) is 5.41 Å². The van der Waals surface area contributed by atoms with Crippen LogP contribution in [0.5, 0.6) is 0 Å². The van der Waals surface area contributed by atoms with Crippen LogP contribution in [0, 0.1) is 5.41 Å². The molecule has 1 N–H and O–H groups in total. The zero-order valence-electron chi connectivity index (χ0n) is 14.2. The van der Waals surface area contributed by atoms with Crippen LogP contribution in [-0.4, -0.2) is 55.0 Å². The van der Waals surface area contributed by atoms with Crippen LogP contribution in [0.15, 0.2) is 30.3 Å². The molecule has 1 heterocycles. The van der Waals surface area contributed by atoms with Gasteiger partial charge in [-0.15, -0.1) is 0 Å². The number of amides is 1. The van der Waals surface area contributed by atoms with Crippen LogP contribution in [0.1, 0.15) is 25.3 Å². The molecular formula is C18H25NO5. The van der Waals surface area contributed by atoms with Gasteiger partial charge in [-0.1, -0.05) is 43.7 Å². The summed E-state index contributed by atoms with van der Waals surface area (Å²) >= 11 is 0. The van der Waals surface area contributed by atoms with E-state index in [4.69, 9.17) is 9.47 Å². The first-order chi connectivity index (χ1) is 11.5. The molecule has 24 heavy (non-hydrogen) atoms. The quantitative estimate of drug-likeness (QED) is 0.609. The third-order valence-corrected chi connectivity index (χ3v) is 4.43. The van der Waals surface area contributed by atoms with Crippen LogP contribution in [0.4, 0.5) is 4.79 Å². The van der Waals surface area contributed by atoms with Gasteiger partial charge in [0.25, 0.3) is 0 Å². The lowest BCUT2D eigenvalue weighted by molar-refractivity contribution is -0.175. The van der Waals surface area contributed by atoms with Crippen molar-refractivity contribution in [1.29, 1.82) is 0 Å². The number of hydrogen-bond acceptors (Lipinski definition) is 5. The topological polar surface area (TPSA) is 76.1 Å². The fraction of sp³-hybridized carbons (Fsp3) is 0.556.